The molecule has 4 rings (SSSR count). The van der Waals surface area contributed by atoms with Gasteiger partial charge in [0.2, 0.25) is 5.91 Å². The molecule has 0 spiro atoms. The van der Waals surface area contributed by atoms with Gasteiger partial charge in [0.1, 0.15) is 0 Å². The summed E-state index contributed by atoms with van der Waals surface area (Å²) in [5, 5.41) is 24.5. The van der Waals surface area contributed by atoms with Crippen LogP contribution in [0.1, 0.15) is 49.3 Å². The SMILES string of the molecule is COc1cc([C@@H]2[C@H]3CCCC[C@@]3(O)CCN2CC(=O)Nc2ccc(C)cc2)ccc1O. The summed E-state index contributed by atoms with van der Waals surface area (Å²) in [5.74, 6) is 0.466. The van der Waals surface area contributed by atoms with Crippen LogP contribution in [0.15, 0.2) is 42.5 Å². The van der Waals surface area contributed by atoms with Gasteiger partial charge in [-0.15, -0.1) is 0 Å². The topological polar surface area (TPSA) is 82.0 Å². The highest BCUT2D eigenvalue weighted by Gasteiger charge is 2.49. The van der Waals surface area contributed by atoms with Gasteiger partial charge in [0.15, 0.2) is 11.5 Å². The van der Waals surface area contributed by atoms with Gasteiger partial charge >= 0.3 is 0 Å². The number of nitrogens with zero attached hydrogens (tertiary/aromatic N) is 1. The molecule has 31 heavy (non-hydrogen) atoms. The van der Waals surface area contributed by atoms with E-state index in [1.54, 1.807) is 6.07 Å². The number of carbonyl (C=O) groups excluding carboxylic acids is 1. The Kier molecular flexibility index (Phi) is 6.21. The average Bonchev–Trinajstić information content (AvgIpc) is 2.76. The molecule has 6 nitrogen and oxygen atoms in total. The molecule has 3 atom stereocenters. The molecule has 2 aromatic rings. The maximum absolute atomic E-state index is 12.9. The van der Waals surface area contributed by atoms with Gasteiger partial charge in [-0.25, -0.2) is 0 Å². The standard InChI is InChI=1S/C25H32N2O4/c1-17-6-9-19(10-7-17)26-23(29)16-27-14-13-25(30)12-4-3-5-20(25)24(27)18-8-11-21(28)22(15-18)31-2/h6-11,15,20,24,28,30H,3-5,12-14,16H2,1-2H3,(H,26,29)/t20-,24-,25-/m1/s1. The number of aromatic hydroxyl groups is 1. The molecule has 0 bridgehead atoms. The third kappa shape index (κ3) is 4.55. The molecule has 1 saturated heterocycles. The summed E-state index contributed by atoms with van der Waals surface area (Å²) < 4.78 is 5.33. The van der Waals surface area contributed by atoms with E-state index in [1.807, 2.05) is 43.3 Å². The number of phenolic OH excluding ortho intramolecular Hbond substituents is 1. The molecule has 1 heterocycles. The molecular formula is C25H32N2O4. The van der Waals surface area contributed by atoms with E-state index in [1.165, 1.54) is 7.11 Å². The van der Waals surface area contributed by atoms with Crippen molar-refractivity contribution in [1.82, 2.24) is 4.90 Å². The molecule has 3 N–H and O–H groups in total. The minimum atomic E-state index is -0.710. The van der Waals surface area contributed by atoms with Gasteiger partial charge in [0.25, 0.3) is 0 Å². The van der Waals surface area contributed by atoms with Crippen LogP contribution >= 0.6 is 0 Å². The van der Waals surface area contributed by atoms with Crippen LogP contribution in [0, 0.1) is 12.8 Å². The number of nitrogens with one attached hydrogen (secondary N) is 1. The Bertz CT molecular complexity index is 930. The first-order valence-corrected chi connectivity index (χ1v) is 11.1. The van der Waals surface area contributed by atoms with Gasteiger partial charge in [-0.3, -0.25) is 9.69 Å². The Morgan fingerprint density at radius 1 is 1.19 bits per heavy atom. The first-order chi connectivity index (χ1) is 14.9. The average molecular weight is 425 g/mol. The van der Waals surface area contributed by atoms with Crippen LogP contribution in [0.25, 0.3) is 0 Å². The van der Waals surface area contributed by atoms with E-state index in [4.69, 9.17) is 4.74 Å². The number of benzene rings is 2. The number of fused-ring (bicyclic) bond motifs is 1. The normalized spacial score (nSPS) is 26.2. The van der Waals surface area contributed by atoms with E-state index in [2.05, 4.69) is 10.2 Å². The van der Waals surface area contributed by atoms with Crippen LogP contribution < -0.4 is 10.1 Å². The van der Waals surface area contributed by atoms with E-state index in [9.17, 15) is 15.0 Å². The zero-order valence-corrected chi connectivity index (χ0v) is 18.3. The van der Waals surface area contributed by atoms with Crippen LogP contribution in [-0.2, 0) is 4.79 Å². The van der Waals surface area contributed by atoms with E-state index < -0.39 is 5.60 Å². The van der Waals surface area contributed by atoms with Crippen molar-refractivity contribution in [3.63, 3.8) is 0 Å². The fraction of sp³-hybridized carbons (Fsp3) is 0.480. The number of aliphatic hydroxyl groups is 1. The molecule has 166 valence electrons. The first-order valence-electron chi connectivity index (χ1n) is 11.1. The highest BCUT2D eigenvalue weighted by Crippen LogP contribution is 2.50. The minimum Gasteiger partial charge on any atom is -0.504 e. The summed E-state index contributed by atoms with van der Waals surface area (Å²) in [6.45, 7) is 2.90. The van der Waals surface area contributed by atoms with Crippen molar-refractivity contribution in [3.8, 4) is 11.5 Å². The summed E-state index contributed by atoms with van der Waals surface area (Å²) >= 11 is 0. The predicted octanol–water partition coefficient (Wildman–Crippen LogP) is 4.02. The van der Waals surface area contributed by atoms with Crippen LogP contribution in [0.2, 0.25) is 0 Å². The number of carbonyl (C=O) groups is 1. The fourth-order valence-electron chi connectivity index (χ4n) is 5.26. The lowest BCUT2D eigenvalue weighted by molar-refractivity contribution is -0.135. The molecule has 0 unspecified atom stereocenters. The number of likely N-dealkylation sites (tertiary alicyclic amines) is 1. The number of ether oxygens (including phenoxy) is 1. The van der Waals surface area contributed by atoms with Gasteiger partial charge in [-0.2, -0.15) is 0 Å². The second-order valence-electron chi connectivity index (χ2n) is 8.97. The Morgan fingerprint density at radius 2 is 1.97 bits per heavy atom. The van der Waals surface area contributed by atoms with Gasteiger partial charge in [0, 0.05) is 24.2 Å². The lowest BCUT2D eigenvalue weighted by Crippen LogP contribution is -2.56. The Balaban J connectivity index is 1.60. The number of rotatable bonds is 5. The number of phenols is 1. The minimum absolute atomic E-state index is 0.0384. The van der Waals surface area contributed by atoms with E-state index >= 15 is 0 Å². The van der Waals surface area contributed by atoms with Gasteiger partial charge in [0.05, 0.1) is 19.3 Å². The smallest absolute Gasteiger partial charge is 0.238 e. The third-order valence-electron chi connectivity index (χ3n) is 6.90. The van der Waals surface area contributed by atoms with Crippen LogP contribution in [0.4, 0.5) is 5.69 Å². The van der Waals surface area contributed by atoms with Crippen molar-refractivity contribution in [3.05, 3.63) is 53.6 Å². The molecule has 1 aliphatic heterocycles. The molecule has 6 heteroatoms. The van der Waals surface area contributed by atoms with Crippen LogP contribution in [0.3, 0.4) is 0 Å². The Morgan fingerprint density at radius 3 is 2.71 bits per heavy atom. The molecule has 2 aromatic carbocycles. The lowest BCUT2D eigenvalue weighted by Gasteiger charge is -2.52. The fourth-order valence-corrected chi connectivity index (χ4v) is 5.26. The monoisotopic (exact) mass is 424 g/mol. The van der Waals surface area contributed by atoms with Gasteiger partial charge < -0.3 is 20.3 Å². The quantitative estimate of drug-likeness (QED) is 0.676. The van der Waals surface area contributed by atoms with E-state index in [0.29, 0.717) is 18.7 Å². The molecule has 2 aliphatic rings. The summed E-state index contributed by atoms with van der Waals surface area (Å²) in [4.78, 5) is 15.0. The maximum Gasteiger partial charge on any atom is 0.238 e. The van der Waals surface area contributed by atoms with E-state index in [0.717, 1.165) is 42.5 Å². The summed E-state index contributed by atoms with van der Waals surface area (Å²) in [5.41, 5.74) is 2.18. The number of amides is 1. The van der Waals surface area contributed by atoms with Crippen molar-refractivity contribution in [2.45, 2.75) is 50.7 Å². The number of anilines is 1. The van der Waals surface area contributed by atoms with Crippen LogP contribution in [0.5, 0.6) is 11.5 Å². The zero-order valence-electron chi connectivity index (χ0n) is 18.3. The van der Waals surface area contributed by atoms with E-state index in [-0.39, 0.29) is 30.2 Å². The Hall–Kier alpha value is -2.57. The molecule has 0 aromatic heterocycles. The van der Waals surface area contributed by atoms with Gasteiger partial charge in [-0.05, 0) is 56.0 Å². The second-order valence-corrected chi connectivity index (χ2v) is 8.97. The summed E-state index contributed by atoms with van der Waals surface area (Å²) in [7, 11) is 1.53. The lowest BCUT2D eigenvalue weighted by atomic mass is 9.66. The summed E-state index contributed by atoms with van der Waals surface area (Å²) in [6, 6.07) is 13.0. The number of methoxy groups -OCH3 is 1. The largest absolute Gasteiger partial charge is 0.504 e. The number of hydrogen-bond acceptors (Lipinski definition) is 5. The van der Waals surface area contributed by atoms with Crippen molar-refractivity contribution in [2.24, 2.45) is 5.92 Å². The van der Waals surface area contributed by atoms with Crippen LogP contribution in [-0.4, -0.2) is 46.8 Å². The molecule has 1 amide bonds. The predicted molar refractivity (Wildman–Crippen MR) is 120 cm³/mol. The highest BCUT2D eigenvalue weighted by molar-refractivity contribution is 5.92. The first kappa shape index (κ1) is 21.7. The van der Waals surface area contributed by atoms with Crippen molar-refractivity contribution < 1.29 is 19.7 Å². The molecule has 2 fully saturated rings. The van der Waals surface area contributed by atoms with Crippen molar-refractivity contribution in [2.75, 3.05) is 25.5 Å². The van der Waals surface area contributed by atoms with Crippen molar-refractivity contribution >= 4 is 11.6 Å². The molecular weight excluding hydrogens is 392 g/mol. The zero-order chi connectivity index (χ0) is 22.0. The molecule has 1 aliphatic carbocycles. The van der Waals surface area contributed by atoms with Crippen molar-refractivity contribution in [1.29, 1.82) is 0 Å². The maximum atomic E-state index is 12.9. The number of hydrogen-bond donors (Lipinski definition) is 3. The molecule has 0 radical (unpaired) electrons. The molecule has 1 saturated carbocycles. The summed E-state index contributed by atoms with van der Waals surface area (Å²) in [6.07, 6.45) is 4.49. The third-order valence-corrected chi connectivity index (χ3v) is 6.90. The van der Waals surface area contributed by atoms with Gasteiger partial charge in [-0.1, -0.05) is 36.6 Å². The second kappa shape index (κ2) is 8.89. The Labute approximate surface area is 183 Å². The number of aryl methyl sites for hydroxylation is 1. The highest BCUT2D eigenvalue weighted by atomic mass is 16.5. The number of piperidine rings is 1.